The first-order valence-corrected chi connectivity index (χ1v) is 10.7. The summed E-state index contributed by atoms with van der Waals surface area (Å²) in [5.74, 6) is 0.485. The zero-order valence-electron chi connectivity index (χ0n) is 18.8. The molecule has 0 aromatic heterocycles. The molecule has 1 aliphatic rings. The first kappa shape index (κ1) is 22.6. The van der Waals surface area contributed by atoms with Gasteiger partial charge in [0, 0.05) is 43.6 Å². The van der Waals surface area contributed by atoms with Crippen LogP contribution in [-0.4, -0.2) is 62.6 Å². The monoisotopic (exact) mass is 424 g/mol. The summed E-state index contributed by atoms with van der Waals surface area (Å²) in [7, 11) is 1.67. The Bertz CT molecular complexity index is 903. The number of nitrogens with zero attached hydrogens (tertiary/aromatic N) is 2. The molecule has 0 unspecified atom stereocenters. The third kappa shape index (κ3) is 5.76. The van der Waals surface area contributed by atoms with E-state index in [9.17, 15) is 9.59 Å². The van der Waals surface area contributed by atoms with Crippen molar-refractivity contribution in [3.8, 4) is 5.75 Å². The smallest absolute Gasteiger partial charge is 0.243 e. The number of carbonyl (C=O) groups is 2. The van der Waals surface area contributed by atoms with Crippen molar-refractivity contribution in [2.75, 3.05) is 50.1 Å². The average molecular weight is 425 g/mol. The van der Waals surface area contributed by atoms with Crippen molar-refractivity contribution in [2.24, 2.45) is 0 Å². The fourth-order valence-electron chi connectivity index (χ4n) is 3.85. The quantitative estimate of drug-likeness (QED) is 0.715. The van der Waals surface area contributed by atoms with Crippen molar-refractivity contribution in [1.82, 2.24) is 10.2 Å². The number of hydrogen-bond donors (Lipinski definition) is 2. The fourth-order valence-corrected chi connectivity index (χ4v) is 3.85. The minimum absolute atomic E-state index is 0.0409. The summed E-state index contributed by atoms with van der Waals surface area (Å²) in [6, 6.07) is 13.6. The molecule has 7 heteroatoms. The molecule has 2 N–H and O–H groups in total. The normalized spacial score (nSPS) is 15.3. The molecule has 7 nitrogen and oxygen atoms in total. The van der Waals surface area contributed by atoms with Crippen molar-refractivity contribution >= 4 is 23.2 Å². The summed E-state index contributed by atoms with van der Waals surface area (Å²) < 4.78 is 5.31. The van der Waals surface area contributed by atoms with Crippen molar-refractivity contribution in [3.63, 3.8) is 0 Å². The van der Waals surface area contributed by atoms with Crippen LogP contribution in [0.4, 0.5) is 11.4 Å². The van der Waals surface area contributed by atoms with Crippen molar-refractivity contribution in [1.29, 1.82) is 0 Å². The molecule has 1 fully saturated rings. The lowest BCUT2D eigenvalue weighted by Crippen LogP contribution is -2.54. The minimum Gasteiger partial charge on any atom is -0.497 e. The van der Waals surface area contributed by atoms with Gasteiger partial charge in [-0.1, -0.05) is 24.3 Å². The van der Waals surface area contributed by atoms with Crippen LogP contribution < -0.4 is 20.3 Å². The zero-order chi connectivity index (χ0) is 22.4. The van der Waals surface area contributed by atoms with Crippen molar-refractivity contribution in [3.05, 3.63) is 53.6 Å². The van der Waals surface area contributed by atoms with Crippen LogP contribution >= 0.6 is 0 Å². The molecule has 1 saturated heterocycles. The Labute approximate surface area is 184 Å². The molecular weight excluding hydrogens is 392 g/mol. The van der Waals surface area contributed by atoms with E-state index >= 15 is 0 Å². The highest BCUT2D eigenvalue weighted by molar-refractivity contribution is 5.96. The van der Waals surface area contributed by atoms with Gasteiger partial charge in [0.15, 0.2) is 0 Å². The number of anilines is 2. The van der Waals surface area contributed by atoms with Gasteiger partial charge in [-0.2, -0.15) is 0 Å². The fraction of sp³-hybridized carbons (Fsp3) is 0.417. The van der Waals surface area contributed by atoms with E-state index in [4.69, 9.17) is 4.74 Å². The predicted molar refractivity (Wildman–Crippen MR) is 124 cm³/mol. The number of carbonyl (C=O) groups excluding carboxylic acids is 2. The SMILES string of the molecule is COc1cccc(N2CCN([C@@H](C)C(=O)NCC(=O)Nc3c(C)cccc3C)CC2)c1. The van der Waals surface area contributed by atoms with Gasteiger partial charge < -0.3 is 20.3 Å². The molecule has 166 valence electrons. The van der Waals surface area contributed by atoms with Gasteiger partial charge in [0.25, 0.3) is 0 Å². The maximum absolute atomic E-state index is 12.6. The average Bonchev–Trinajstić information content (AvgIpc) is 2.79. The van der Waals surface area contributed by atoms with E-state index in [1.54, 1.807) is 7.11 Å². The second-order valence-corrected chi connectivity index (χ2v) is 7.93. The summed E-state index contributed by atoms with van der Waals surface area (Å²) in [4.78, 5) is 29.4. The molecule has 2 aromatic carbocycles. The maximum Gasteiger partial charge on any atom is 0.243 e. The molecular formula is C24H32N4O3. The molecule has 0 aliphatic carbocycles. The first-order chi connectivity index (χ1) is 14.9. The molecule has 2 amide bonds. The van der Waals surface area contributed by atoms with E-state index in [0.717, 1.165) is 54.4 Å². The molecule has 0 saturated carbocycles. The van der Waals surface area contributed by atoms with Crippen LogP contribution in [0.3, 0.4) is 0 Å². The van der Waals surface area contributed by atoms with Crippen LogP contribution in [0.25, 0.3) is 0 Å². The topological polar surface area (TPSA) is 73.9 Å². The van der Waals surface area contributed by atoms with Crippen LogP contribution in [0, 0.1) is 13.8 Å². The summed E-state index contributed by atoms with van der Waals surface area (Å²) in [6.07, 6.45) is 0. The third-order valence-electron chi connectivity index (χ3n) is 5.83. The van der Waals surface area contributed by atoms with Gasteiger partial charge in [-0.05, 0) is 44.0 Å². The Morgan fingerprint density at radius 3 is 2.32 bits per heavy atom. The van der Waals surface area contributed by atoms with Crippen molar-refractivity contribution < 1.29 is 14.3 Å². The first-order valence-electron chi connectivity index (χ1n) is 10.7. The Balaban J connectivity index is 1.46. The van der Waals surface area contributed by atoms with Gasteiger partial charge in [0.2, 0.25) is 11.8 Å². The van der Waals surface area contributed by atoms with Gasteiger partial charge in [0.05, 0.1) is 19.7 Å². The molecule has 1 aliphatic heterocycles. The van der Waals surface area contributed by atoms with Crippen LogP contribution in [0.5, 0.6) is 5.75 Å². The molecule has 2 aromatic rings. The van der Waals surface area contributed by atoms with E-state index in [0.29, 0.717) is 0 Å². The van der Waals surface area contributed by atoms with Crippen LogP contribution in [0.1, 0.15) is 18.1 Å². The molecule has 1 atom stereocenters. The molecule has 31 heavy (non-hydrogen) atoms. The Morgan fingerprint density at radius 2 is 1.68 bits per heavy atom. The number of amides is 2. The summed E-state index contributed by atoms with van der Waals surface area (Å²) >= 11 is 0. The lowest BCUT2D eigenvalue weighted by Gasteiger charge is -2.38. The number of ether oxygens (including phenoxy) is 1. The van der Waals surface area contributed by atoms with E-state index in [-0.39, 0.29) is 24.4 Å². The highest BCUT2D eigenvalue weighted by Gasteiger charge is 2.26. The van der Waals surface area contributed by atoms with E-state index < -0.39 is 0 Å². The van der Waals surface area contributed by atoms with Crippen LogP contribution in [0.2, 0.25) is 0 Å². The largest absolute Gasteiger partial charge is 0.497 e. The number of piperazine rings is 1. The number of benzene rings is 2. The Hall–Kier alpha value is -3.06. The van der Waals surface area contributed by atoms with Crippen LogP contribution in [0.15, 0.2) is 42.5 Å². The van der Waals surface area contributed by atoms with Gasteiger partial charge in [-0.15, -0.1) is 0 Å². The Morgan fingerprint density at radius 1 is 1.03 bits per heavy atom. The van der Waals surface area contributed by atoms with Gasteiger partial charge in [0.1, 0.15) is 5.75 Å². The third-order valence-corrected chi connectivity index (χ3v) is 5.83. The van der Waals surface area contributed by atoms with E-state index in [1.807, 2.05) is 57.2 Å². The lowest BCUT2D eigenvalue weighted by atomic mass is 10.1. The minimum atomic E-state index is -0.291. The highest BCUT2D eigenvalue weighted by Crippen LogP contribution is 2.22. The lowest BCUT2D eigenvalue weighted by molar-refractivity contribution is -0.128. The number of para-hydroxylation sites is 1. The van der Waals surface area contributed by atoms with Gasteiger partial charge in [-0.3, -0.25) is 14.5 Å². The maximum atomic E-state index is 12.6. The number of methoxy groups -OCH3 is 1. The van der Waals surface area contributed by atoms with Gasteiger partial charge in [-0.25, -0.2) is 0 Å². The summed E-state index contributed by atoms with van der Waals surface area (Å²) in [6.45, 7) is 8.97. The number of hydrogen-bond acceptors (Lipinski definition) is 5. The summed E-state index contributed by atoms with van der Waals surface area (Å²) in [5, 5.41) is 5.68. The van der Waals surface area contributed by atoms with Crippen LogP contribution in [-0.2, 0) is 9.59 Å². The van der Waals surface area contributed by atoms with Crippen molar-refractivity contribution in [2.45, 2.75) is 26.8 Å². The predicted octanol–water partition coefficient (Wildman–Crippen LogP) is 2.58. The molecule has 0 spiro atoms. The summed E-state index contributed by atoms with van der Waals surface area (Å²) in [5.41, 5.74) is 3.94. The van der Waals surface area contributed by atoms with E-state index in [1.165, 1.54) is 0 Å². The second kappa shape index (κ2) is 10.3. The number of rotatable bonds is 7. The standard InChI is InChI=1S/C24H32N4O3/c1-17-7-5-8-18(2)23(17)26-22(29)16-25-24(30)19(3)27-11-13-28(14-12-27)20-9-6-10-21(15-20)31-4/h5-10,15,19H,11-14,16H2,1-4H3,(H,25,30)(H,26,29)/t19-/m0/s1. The second-order valence-electron chi connectivity index (χ2n) is 7.93. The number of nitrogens with one attached hydrogen (secondary N) is 2. The highest BCUT2D eigenvalue weighted by atomic mass is 16.5. The van der Waals surface area contributed by atoms with Gasteiger partial charge >= 0.3 is 0 Å². The van der Waals surface area contributed by atoms with E-state index in [2.05, 4.69) is 26.5 Å². The molecule has 3 rings (SSSR count). The molecule has 0 bridgehead atoms. The number of aryl methyl sites for hydroxylation is 2. The zero-order valence-corrected chi connectivity index (χ0v) is 18.8. The Kier molecular flexibility index (Phi) is 7.52. The molecule has 0 radical (unpaired) electrons. The molecule has 1 heterocycles.